The van der Waals surface area contributed by atoms with Crippen LogP contribution >= 0.6 is 0 Å². The lowest BCUT2D eigenvalue weighted by Gasteiger charge is -2.36. The second kappa shape index (κ2) is 12.0. The highest BCUT2D eigenvalue weighted by Gasteiger charge is 2.41. The Bertz CT molecular complexity index is 2050. The molecule has 0 saturated heterocycles. The van der Waals surface area contributed by atoms with Gasteiger partial charge in [0.25, 0.3) is 0 Å². The van der Waals surface area contributed by atoms with Crippen molar-refractivity contribution in [2.75, 3.05) is 0 Å². The zero-order valence-electron chi connectivity index (χ0n) is 29.2. The molecule has 4 atom stereocenters. The van der Waals surface area contributed by atoms with Gasteiger partial charge in [-0.3, -0.25) is 4.98 Å². The Hall–Kier alpha value is -3.86. The molecule has 5 aliphatic rings. The van der Waals surface area contributed by atoms with Gasteiger partial charge >= 0.3 is 0 Å². The minimum atomic E-state index is 0.373. The van der Waals surface area contributed by atoms with Crippen molar-refractivity contribution >= 4 is 33.2 Å². The van der Waals surface area contributed by atoms with Crippen molar-refractivity contribution in [3.8, 4) is 0 Å². The van der Waals surface area contributed by atoms with E-state index in [0.29, 0.717) is 23.7 Å². The number of allylic oxidation sites excluding steroid dienone is 2. The van der Waals surface area contributed by atoms with Gasteiger partial charge in [-0.05, 0) is 121 Å². The van der Waals surface area contributed by atoms with E-state index >= 15 is 0 Å². The summed E-state index contributed by atoms with van der Waals surface area (Å²) < 4.78 is 0. The highest BCUT2D eigenvalue weighted by molar-refractivity contribution is 5.93. The summed E-state index contributed by atoms with van der Waals surface area (Å²) in [6.07, 6.45) is 15.9. The molecule has 3 N–H and O–H groups in total. The zero-order valence-corrected chi connectivity index (χ0v) is 29.2. The van der Waals surface area contributed by atoms with E-state index in [1.54, 1.807) is 0 Å². The van der Waals surface area contributed by atoms with E-state index in [-0.39, 0.29) is 0 Å². The molecule has 47 heavy (non-hydrogen) atoms. The number of aromatic amines is 3. The number of hydrogen-bond donors (Lipinski definition) is 3. The smallest absolute Gasteiger partial charge is 0.0693 e. The van der Waals surface area contributed by atoms with Crippen LogP contribution in [-0.2, 0) is 12.8 Å². The first-order valence-corrected chi connectivity index (χ1v) is 18.6. The molecular formula is C42H51N5. The van der Waals surface area contributed by atoms with Gasteiger partial charge in [0, 0.05) is 69.5 Å². The normalized spacial score (nSPS) is 21.4. The number of hydrogen-bond acceptors (Lipinski definition) is 2. The quantitative estimate of drug-likeness (QED) is 0.182. The molecule has 4 unspecified atom stereocenters. The average Bonchev–Trinajstić information content (AvgIpc) is 3.89. The molecule has 0 amide bonds. The lowest BCUT2D eigenvalue weighted by Crippen LogP contribution is -2.22. The topological polar surface area (TPSA) is 73.2 Å². The molecule has 2 aliphatic heterocycles. The van der Waals surface area contributed by atoms with Crippen LogP contribution in [-0.4, -0.2) is 24.9 Å². The molecule has 6 heterocycles. The van der Waals surface area contributed by atoms with E-state index in [2.05, 4.69) is 93.2 Å². The van der Waals surface area contributed by atoms with E-state index in [9.17, 15) is 0 Å². The summed E-state index contributed by atoms with van der Waals surface area (Å²) in [7, 11) is 0. The molecule has 0 saturated carbocycles. The Morgan fingerprint density at radius 1 is 0.702 bits per heavy atom. The molecular weight excluding hydrogens is 574 g/mol. The van der Waals surface area contributed by atoms with Crippen LogP contribution < -0.4 is 0 Å². The van der Waals surface area contributed by atoms with Gasteiger partial charge in [0.2, 0.25) is 0 Å². The number of nitrogens with one attached hydrogen (secondary N) is 3. The van der Waals surface area contributed by atoms with Gasteiger partial charge in [0.1, 0.15) is 0 Å². The number of aromatic nitrogens is 5. The summed E-state index contributed by atoms with van der Waals surface area (Å²) in [5.41, 5.74) is 21.2. The Balaban J connectivity index is 1.49. The summed E-state index contributed by atoms with van der Waals surface area (Å²) in [6.45, 7) is 13.9. The average molecular weight is 626 g/mol. The standard InChI is InChI=1S/C42H51N5/c1-7-11-13-27-23(5)33-17-39-41-29-15-16-30(32-22-43-21-31(29)32)42(41)40(47-39)18-34-24(6)28(14-12-8-2)38(45-34)20-36-26(10-4)25(9-3)35(46-36)19-37(27)44-33/h17-23,27,29-30,43,46-47H,7-16H2,1-6H3. The molecule has 0 spiro atoms. The fraction of sp³-hybridized carbons (Fsp3) is 0.476. The van der Waals surface area contributed by atoms with Crippen molar-refractivity contribution < 1.29 is 0 Å². The Morgan fingerprint density at radius 2 is 1.30 bits per heavy atom. The largest absolute Gasteiger partial charge is 0.367 e. The maximum absolute atomic E-state index is 5.49. The van der Waals surface area contributed by atoms with Gasteiger partial charge < -0.3 is 15.0 Å². The summed E-state index contributed by atoms with van der Waals surface area (Å²) in [4.78, 5) is 22.3. The number of rotatable bonds is 8. The molecule has 5 nitrogen and oxygen atoms in total. The minimum absolute atomic E-state index is 0.373. The fourth-order valence-corrected chi connectivity index (χ4v) is 9.51. The van der Waals surface area contributed by atoms with Gasteiger partial charge in [-0.1, -0.05) is 53.9 Å². The molecule has 9 rings (SSSR count). The maximum Gasteiger partial charge on any atom is 0.0693 e. The lowest BCUT2D eigenvalue weighted by molar-refractivity contribution is 0.529. The Labute approximate surface area is 279 Å². The molecule has 5 heteroatoms. The molecule has 0 radical (unpaired) electrons. The fourth-order valence-electron chi connectivity index (χ4n) is 9.51. The molecule has 0 aromatic carbocycles. The van der Waals surface area contributed by atoms with Crippen LogP contribution in [0.2, 0.25) is 0 Å². The van der Waals surface area contributed by atoms with Crippen molar-refractivity contribution in [2.24, 2.45) is 0 Å². The second-order valence-corrected chi connectivity index (χ2v) is 14.6. The Morgan fingerprint density at radius 3 is 1.96 bits per heavy atom. The van der Waals surface area contributed by atoms with Crippen molar-refractivity contribution in [3.63, 3.8) is 0 Å². The lowest BCUT2D eigenvalue weighted by atomic mass is 9.65. The van der Waals surface area contributed by atoms with Crippen molar-refractivity contribution in [1.82, 2.24) is 24.9 Å². The number of aryl methyl sites for hydroxylation is 2. The molecule has 4 aromatic heterocycles. The minimum Gasteiger partial charge on any atom is -0.367 e. The van der Waals surface area contributed by atoms with E-state index in [1.807, 2.05) is 0 Å². The molecule has 0 fully saturated rings. The first kappa shape index (κ1) is 30.5. The van der Waals surface area contributed by atoms with Gasteiger partial charge in [0.05, 0.1) is 11.4 Å². The maximum atomic E-state index is 5.49. The molecule has 3 aliphatic carbocycles. The van der Waals surface area contributed by atoms with E-state index < -0.39 is 0 Å². The predicted octanol–water partition coefficient (Wildman–Crippen LogP) is 11.3. The first-order valence-electron chi connectivity index (χ1n) is 18.6. The van der Waals surface area contributed by atoms with Crippen LogP contribution in [0.25, 0.3) is 33.2 Å². The molecule has 10 bridgehead atoms. The third-order valence-electron chi connectivity index (χ3n) is 12.0. The highest BCUT2D eigenvalue weighted by atomic mass is 14.8. The van der Waals surface area contributed by atoms with Crippen molar-refractivity contribution in [2.45, 2.75) is 129 Å². The summed E-state index contributed by atoms with van der Waals surface area (Å²) >= 11 is 0. The van der Waals surface area contributed by atoms with Gasteiger partial charge in [-0.25, -0.2) is 4.98 Å². The van der Waals surface area contributed by atoms with Crippen LogP contribution in [0.1, 0.15) is 173 Å². The van der Waals surface area contributed by atoms with Crippen LogP contribution in [0.5, 0.6) is 0 Å². The summed E-state index contributed by atoms with van der Waals surface area (Å²) in [5.74, 6) is 1.63. The molecule has 4 aromatic rings. The van der Waals surface area contributed by atoms with Gasteiger partial charge in [-0.15, -0.1) is 0 Å². The van der Waals surface area contributed by atoms with Crippen LogP contribution in [0, 0.1) is 0 Å². The van der Waals surface area contributed by atoms with Gasteiger partial charge in [-0.2, -0.15) is 0 Å². The number of unbranched alkanes of at least 4 members (excludes halogenated alkanes) is 2. The SMILES string of the molecule is CCCCC1=C(C)c2cc3[nH]c(cc4nc(cc5[nH]c(cc1n2)c(CC)c5CC)C(CCCC)C4C)c1c3C2CCC1c1c[nH]cc12. The Kier molecular flexibility index (Phi) is 7.77. The zero-order chi connectivity index (χ0) is 32.4. The van der Waals surface area contributed by atoms with E-state index in [4.69, 9.17) is 9.97 Å². The monoisotopic (exact) mass is 625 g/mol. The second-order valence-electron chi connectivity index (χ2n) is 14.6. The third kappa shape index (κ3) is 4.78. The predicted molar refractivity (Wildman–Crippen MR) is 196 cm³/mol. The van der Waals surface area contributed by atoms with Crippen LogP contribution in [0.3, 0.4) is 0 Å². The highest BCUT2D eigenvalue weighted by Crippen LogP contribution is 2.56. The molecule has 244 valence electrons. The number of fused-ring (bicyclic) bond motifs is 9. The van der Waals surface area contributed by atoms with E-state index in [0.717, 1.165) is 30.7 Å². The first-order chi connectivity index (χ1) is 22.9. The summed E-state index contributed by atoms with van der Waals surface area (Å²) in [5, 5.41) is 0. The number of H-pyrrole nitrogens is 3. The van der Waals surface area contributed by atoms with Crippen LogP contribution in [0.4, 0.5) is 0 Å². The van der Waals surface area contributed by atoms with E-state index in [1.165, 1.54) is 123 Å². The van der Waals surface area contributed by atoms with Gasteiger partial charge in [0.15, 0.2) is 0 Å². The third-order valence-corrected chi connectivity index (χ3v) is 12.0. The number of nitrogens with zero attached hydrogens (tertiary/aromatic N) is 2. The van der Waals surface area contributed by atoms with Crippen LogP contribution in [0.15, 0.2) is 36.7 Å². The van der Waals surface area contributed by atoms with Crippen molar-refractivity contribution in [1.29, 1.82) is 0 Å². The summed E-state index contributed by atoms with van der Waals surface area (Å²) in [6, 6.07) is 9.57. The van der Waals surface area contributed by atoms with Crippen molar-refractivity contribution in [3.05, 3.63) is 92.8 Å².